The lowest BCUT2D eigenvalue weighted by atomic mass is 9.72. The summed E-state index contributed by atoms with van der Waals surface area (Å²) in [5.74, 6) is -1.02. The molecule has 0 fully saturated rings. The Morgan fingerprint density at radius 1 is 1.37 bits per heavy atom. The fourth-order valence-corrected chi connectivity index (χ4v) is 3.82. The summed E-state index contributed by atoms with van der Waals surface area (Å²) in [5.41, 5.74) is 7.12. The first-order valence-corrected chi connectivity index (χ1v) is 8.87. The molecule has 1 aliphatic rings. The number of hydrogen-bond donors (Lipinski definition) is 2. The minimum absolute atomic E-state index is 0.148. The molecule has 1 amide bonds. The Balaban J connectivity index is 2.19. The molecular weight excluding hydrogens is 348 g/mol. The highest BCUT2D eigenvalue weighted by Crippen LogP contribution is 2.41. The molecule has 1 unspecified atom stereocenters. The Morgan fingerprint density at radius 3 is 2.74 bits per heavy atom. The van der Waals surface area contributed by atoms with E-state index < -0.39 is 23.5 Å². The number of amides is 1. The summed E-state index contributed by atoms with van der Waals surface area (Å²) in [6.45, 7) is 2.23. The van der Waals surface area contributed by atoms with E-state index in [1.807, 2.05) is 30.3 Å². The van der Waals surface area contributed by atoms with Gasteiger partial charge in [-0.1, -0.05) is 30.3 Å². The predicted molar refractivity (Wildman–Crippen MR) is 97.8 cm³/mol. The maximum absolute atomic E-state index is 13.1. The van der Waals surface area contributed by atoms with Crippen molar-refractivity contribution in [1.82, 2.24) is 14.9 Å². The first-order valence-electron chi connectivity index (χ1n) is 8.87. The average molecular weight is 372 g/mol. The monoisotopic (exact) mass is 372 g/mol. The number of nitrogens with two attached hydrogens (primary N) is 1. The highest BCUT2D eigenvalue weighted by molar-refractivity contribution is 5.88. The number of methoxy groups -OCH3 is 1. The molecule has 1 aromatic heterocycles. The SMILES string of the molecule is CCOC(=O)N1Cc2[nH]cnc2C[C@]1(C(=O)OC)C(CN)c1ccccc1. The third-order valence-corrected chi connectivity index (χ3v) is 5.08. The van der Waals surface area contributed by atoms with E-state index >= 15 is 0 Å². The Labute approximate surface area is 157 Å². The van der Waals surface area contributed by atoms with Crippen LogP contribution < -0.4 is 5.73 Å². The van der Waals surface area contributed by atoms with Gasteiger partial charge in [0.25, 0.3) is 0 Å². The average Bonchev–Trinajstić information content (AvgIpc) is 3.15. The number of esters is 1. The largest absolute Gasteiger partial charge is 0.467 e. The van der Waals surface area contributed by atoms with Gasteiger partial charge in [0.05, 0.1) is 38.0 Å². The van der Waals surface area contributed by atoms with Gasteiger partial charge in [0.2, 0.25) is 0 Å². The summed E-state index contributed by atoms with van der Waals surface area (Å²) in [7, 11) is 1.31. The van der Waals surface area contributed by atoms with Gasteiger partial charge in [-0.25, -0.2) is 14.6 Å². The van der Waals surface area contributed by atoms with E-state index in [-0.39, 0.29) is 26.1 Å². The minimum Gasteiger partial charge on any atom is -0.467 e. The van der Waals surface area contributed by atoms with Gasteiger partial charge < -0.3 is 20.2 Å². The lowest BCUT2D eigenvalue weighted by Gasteiger charge is -2.47. The zero-order valence-corrected chi connectivity index (χ0v) is 15.5. The topological polar surface area (TPSA) is 111 Å². The molecule has 0 spiro atoms. The van der Waals surface area contributed by atoms with E-state index in [4.69, 9.17) is 15.2 Å². The van der Waals surface area contributed by atoms with E-state index in [1.165, 1.54) is 12.0 Å². The third-order valence-electron chi connectivity index (χ3n) is 5.08. The third kappa shape index (κ3) is 3.16. The number of nitrogens with one attached hydrogen (secondary N) is 1. The Hall–Kier alpha value is -2.87. The molecule has 8 heteroatoms. The smallest absolute Gasteiger partial charge is 0.411 e. The van der Waals surface area contributed by atoms with Crippen LogP contribution in [-0.4, -0.2) is 52.7 Å². The molecule has 2 heterocycles. The fraction of sp³-hybridized carbons (Fsp3) is 0.421. The quantitative estimate of drug-likeness (QED) is 0.771. The standard InChI is InChI=1S/C19H24N4O4/c1-3-27-18(25)23-11-16-15(21-12-22-16)9-19(23,17(24)26-2)14(10-20)13-7-5-4-6-8-13/h4-8,12,14H,3,9-11,20H2,1-2H3,(H,21,22)/t14?,19-/m1/s1. The maximum atomic E-state index is 13.1. The lowest BCUT2D eigenvalue weighted by Crippen LogP contribution is -2.65. The lowest BCUT2D eigenvalue weighted by molar-refractivity contribution is -0.157. The normalized spacial score (nSPS) is 19.9. The Morgan fingerprint density at radius 2 is 2.11 bits per heavy atom. The number of aromatic amines is 1. The summed E-state index contributed by atoms with van der Waals surface area (Å²) in [6, 6.07) is 9.43. The molecule has 0 aliphatic carbocycles. The van der Waals surface area contributed by atoms with Crippen LogP contribution in [0.3, 0.4) is 0 Å². The van der Waals surface area contributed by atoms with Gasteiger partial charge in [0.15, 0.2) is 5.54 Å². The molecule has 0 bridgehead atoms. The summed E-state index contributed by atoms with van der Waals surface area (Å²) in [5, 5.41) is 0. The number of aromatic nitrogens is 2. The van der Waals surface area contributed by atoms with Crippen LogP contribution in [0.4, 0.5) is 4.79 Å². The van der Waals surface area contributed by atoms with Crippen LogP contribution in [-0.2, 0) is 27.2 Å². The van der Waals surface area contributed by atoms with E-state index in [0.29, 0.717) is 0 Å². The first kappa shape index (κ1) is 18.9. The van der Waals surface area contributed by atoms with Crippen LogP contribution in [0.1, 0.15) is 29.8 Å². The molecule has 2 aromatic rings. The second-order valence-corrected chi connectivity index (χ2v) is 6.40. The first-order chi connectivity index (χ1) is 13.1. The minimum atomic E-state index is -1.35. The van der Waals surface area contributed by atoms with Crippen LogP contribution in [0.25, 0.3) is 0 Å². The van der Waals surface area contributed by atoms with Crippen molar-refractivity contribution in [3.63, 3.8) is 0 Å². The second-order valence-electron chi connectivity index (χ2n) is 6.40. The maximum Gasteiger partial charge on any atom is 0.411 e. The molecule has 27 heavy (non-hydrogen) atoms. The number of fused-ring (bicyclic) bond motifs is 1. The molecule has 1 aromatic carbocycles. The van der Waals surface area contributed by atoms with Crippen LogP contribution in [0, 0.1) is 0 Å². The van der Waals surface area contributed by atoms with Gasteiger partial charge >= 0.3 is 12.1 Å². The summed E-state index contributed by atoms with van der Waals surface area (Å²) >= 11 is 0. The van der Waals surface area contributed by atoms with Gasteiger partial charge in [-0.15, -0.1) is 0 Å². The van der Waals surface area contributed by atoms with Gasteiger partial charge in [-0.3, -0.25) is 4.90 Å². The number of rotatable bonds is 5. The number of H-pyrrole nitrogens is 1. The van der Waals surface area contributed by atoms with Crippen molar-refractivity contribution in [3.05, 3.63) is 53.6 Å². The van der Waals surface area contributed by atoms with Crippen LogP contribution >= 0.6 is 0 Å². The van der Waals surface area contributed by atoms with Crippen LogP contribution in [0.2, 0.25) is 0 Å². The number of carbonyl (C=O) groups excluding carboxylic acids is 2. The summed E-state index contributed by atoms with van der Waals surface area (Å²) in [6.07, 6.45) is 1.16. The number of carbonyl (C=O) groups is 2. The molecule has 3 N–H and O–H groups in total. The zero-order chi connectivity index (χ0) is 19.4. The number of imidazole rings is 1. The molecule has 1 aliphatic heterocycles. The molecule has 0 radical (unpaired) electrons. The number of benzene rings is 1. The Bertz CT molecular complexity index is 807. The van der Waals surface area contributed by atoms with Gasteiger partial charge in [-0.05, 0) is 12.5 Å². The van der Waals surface area contributed by atoms with Crippen molar-refractivity contribution >= 4 is 12.1 Å². The van der Waals surface area contributed by atoms with Crippen molar-refractivity contribution in [2.75, 3.05) is 20.3 Å². The molecule has 144 valence electrons. The van der Waals surface area contributed by atoms with Crippen molar-refractivity contribution < 1.29 is 19.1 Å². The van der Waals surface area contributed by atoms with Crippen LogP contribution in [0.15, 0.2) is 36.7 Å². The van der Waals surface area contributed by atoms with Crippen LogP contribution in [0.5, 0.6) is 0 Å². The van der Waals surface area contributed by atoms with Crippen molar-refractivity contribution in [2.24, 2.45) is 5.73 Å². The number of hydrogen-bond acceptors (Lipinski definition) is 6. The van der Waals surface area contributed by atoms with E-state index in [1.54, 1.807) is 13.3 Å². The predicted octanol–water partition coefficient (Wildman–Crippen LogP) is 1.58. The van der Waals surface area contributed by atoms with Gasteiger partial charge in [0, 0.05) is 18.9 Å². The zero-order valence-electron chi connectivity index (χ0n) is 15.5. The van der Waals surface area contributed by atoms with Gasteiger partial charge in [-0.2, -0.15) is 0 Å². The second kappa shape index (κ2) is 7.79. The van der Waals surface area contributed by atoms with Crippen molar-refractivity contribution in [2.45, 2.75) is 31.3 Å². The summed E-state index contributed by atoms with van der Waals surface area (Å²) in [4.78, 5) is 34.8. The molecule has 8 nitrogen and oxygen atoms in total. The van der Waals surface area contributed by atoms with Crippen molar-refractivity contribution in [3.8, 4) is 0 Å². The highest BCUT2D eigenvalue weighted by atomic mass is 16.6. The Kier molecular flexibility index (Phi) is 5.46. The van der Waals surface area contributed by atoms with Gasteiger partial charge in [0.1, 0.15) is 0 Å². The molecule has 0 saturated carbocycles. The summed E-state index contributed by atoms with van der Waals surface area (Å²) < 4.78 is 10.4. The molecule has 2 atom stereocenters. The molecule has 0 saturated heterocycles. The number of nitrogens with zero attached hydrogens (tertiary/aromatic N) is 2. The highest BCUT2D eigenvalue weighted by Gasteiger charge is 2.57. The fourth-order valence-electron chi connectivity index (χ4n) is 3.82. The van der Waals surface area contributed by atoms with E-state index in [0.717, 1.165) is 17.0 Å². The molecular formula is C19H24N4O4. The van der Waals surface area contributed by atoms with Crippen molar-refractivity contribution in [1.29, 1.82) is 0 Å². The number of ether oxygens (including phenoxy) is 2. The van der Waals surface area contributed by atoms with E-state index in [2.05, 4.69) is 9.97 Å². The van der Waals surface area contributed by atoms with E-state index in [9.17, 15) is 9.59 Å². The molecule has 3 rings (SSSR count).